The predicted molar refractivity (Wildman–Crippen MR) is 59.0 cm³/mol. The van der Waals surface area contributed by atoms with Crippen molar-refractivity contribution in [3.63, 3.8) is 0 Å². The topological polar surface area (TPSA) is 3.24 Å². The highest BCUT2D eigenvalue weighted by molar-refractivity contribution is 7.53. The molecule has 0 aromatic carbocycles. The molecule has 0 fully saturated rings. The summed E-state index contributed by atoms with van der Waals surface area (Å²) in [5.41, 5.74) is 0. The number of hydrogen-bond acceptors (Lipinski definition) is 1. The summed E-state index contributed by atoms with van der Waals surface area (Å²) in [6.45, 7) is 1.57. The fourth-order valence-electron chi connectivity index (χ4n) is 0.900. The van der Waals surface area contributed by atoms with E-state index in [1.165, 1.54) is 0 Å². The van der Waals surface area contributed by atoms with Crippen LogP contribution in [0.5, 0.6) is 0 Å². The molecule has 0 aromatic heterocycles. The Balaban J connectivity index is 4.43. The molecule has 0 rings (SSSR count). The minimum absolute atomic E-state index is 0.714. The van der Waals surface area contributed by atoms with E-state index in [1.807, 2.05) is 11.2 Å². The fraction of sp³-hybridized carbons (Fsp3) is 1.00. The smallest absolute Gasteiger partial charge is 0.298 e. The van der Waals surface area contributed by atoms with Gasteiger partial charge in [0.05, 0.1) is 0 Å². The van der Waals surface area contributed by atoms with Crippen molar-refractivity contribution in [3.05, 3.63) is 0 Å². The van der Waals surface area contributed by atoms with Crippen LogP contribution in [0.1, 0.15) is 6.92 Å². The first-order valence-corrected chi connectivity index (χ1v) is 12.2. The largest absolute Gasteiger partial charge is 0.317 e. The molecule has 0 saturated carbocycles. The van der Waals surface area contributed by atoms with Gasteiger partial charge in [0, 0.05) is 0 Å². The van der Waals surface area contributed by atoms with Crippen molar-refractivity contribution in [1.82, 2.24) is 4.23 Å². The summed E-state index contributed by atoms with van der Waals surface area (Å²) in [6.07, 6.45) is 0. The van der Waals surface area contributed by atoms with Gasteiger partial charge in [-0.05, 0) is 19.6 Å². The minimum atomic E-state index is -2.35. The zero-order chi connectivity index (χ0) is 9.28. The summed E-state index contributed by atoms with van der Waals surface area (Å²) in [7, 11) is 0. The Bertz CT molecular complexity index is 115. The molecule has 0 heterocycles. The third kappa shape index (κ3) is 4.36. The summed E-state index contributed by atoms with van der Waals surface area (Å²) in [5, 5.41) is 0. The van der Waals surface area contributed by atoms with Crippen molar-refractivity contribution in [2.75, 3.05) is 6.54 Å². The molecule has 0 spiro atoms. The Morgan fingerprint density at radius 2 is 1.27 bits per heavy atom. The lowest BCUT2D eigenvalue weighted by atomic mass is 10.8. The quantitative estimate of drug-likeness (QED) is 0.561. The Kier molecular flexibility index (Phi) is 4.77. The summed E-state index contributed by atoms with van der Waals surface area (Å²) >= 11 is 23.9. The van der Waals surface area contributed by atoms with Crippen LogP contribution in [0.2, 0.25) is 13.1 Å². The Labute approximate surface area is 88.6 Å². The van der Waals surface area contributed by atoms with E-state index < -0.39 is 13.7 Å². The molecular weight excluding hydrogens is 260 g/mol. The van der Waals surface area contributed by atoms with Crippen LogP contribution < -0.4 is 0 Å². The third-order valence-corrected chi connectivity index (χ3v) is 10.6. The second-order valence-electron chi connectivity index (χ2n) is 2.43. The first-order chi connectivity index (χ1) is 4.69. The second kappa shape index (κ2) is 4.18. The van der Waals surface area contributed by atoms with Gasteiger partial charge in [0.2, 0.25) is 0 Å². The first-order valence-electron chi connectivity index (χ1n) is 3.23. The zero-order valence-electron chi connectivity index (χ0n) is 6.67. The second-order valence-corrected chi connectivity index (χ2v) is 17.3. The molecule has 0 aromatic rings. The first kappa shape index (κ1) is 12.6. The van der Waals surface area contributed by atoms with Gasteiger partial charge in [0.25, 0.3) is 0 Å². The number of hydrogen-bond donors (Lipinski definition) is 0. The van der Waals surface area contributed by atoms with Crippen molar-refractivity contribution >= 4 is 58.0 Å². The molecule has 0 aliphatic heterocycles. The molecular formula is C4H11Cl4NSi2. The highest BCUT2D eigenvalue weighted by atomic mass is 35.7. The number of halogens is 4. The lowest BCUT2D eigenvalue weighted by molar-refractivity contribution is 0.696. The molecule has 0 radical (unpaired) electrons. The van der Waals surface area contributed by atoms with Crippen molar-refractivity contribution in [2.45, 2.75) is 20.0 Å². The maximum atomic E-state index is 5.98. The van der Waals surface area contributed by atoms with E-state index in [1.54, 1.807) is 13.1 Å². The van der Waals surface area contributed by atoms with Crippen LogP contribution in [-0.2, 0) is 0 Å². The van der Waals surface area contributed by atoms with E-state index in [0.29, 0.717) is 6.54 Å². The minimum Gasteiger partial charge on any atom is -0.298 e. The van der Waals surface area contributed by atoms with Crippen molar-refractivity contribution in [1.29, 1.82) is 0 Å². The summed E-state index contributed by atoms with van der Waals surface area (Å²) in [5.74, 6) is 0. The van der Waals surface area contributed by atoms with Crippen molar-refractivity contribution < 1.29 is 0 Å². The Hall–Kier alpha value is 1.55. The van der Waals surface area contributed by atoms with Crippen LogP contribution in [0.3, 0.4) is 0 Å². The normalized spacial score (nSPS) is 14.2. The SMILES string of the molecule is CCN([Si](C)(Cl)Cl)[Si](C)(Cl)Cl. The fourth-order valence-corrected chi connectivity index (χ4v) is 13.8. The average Bonchev–Trinajstić information content (AvgIpc) is 1.56. The van der Waals surface area contributed by atoms with Gasteiger partial charge in [-0.2, -0.15) is 0 Å². The van der Waals surface area contributed by atoms with E-state index in [0.717, 1.165) is 0 Å². The number of rotatable bonds is 3. The van der Waals surface area contributed by atoms with E-state index in [2.05, 4.69) is 0 Å². The van der Waals surface area contributed by atoms with E-state index in [4.69, 9.17) is 44.3 Å². The monoisotopic (exact) mass is 269 g/mol. The van der Waals surface area contributed by atoms with Crippen molar-refractivity contribution in [3.8, 4) is 0 Å². The summed E-state index contributed by atoms with van der Waals surface area (Å²) in [6, 6.07) is 0. The standard InChI is InChI=1S/C4H11Cl4NSi2/c1-4-9(10(2,5)6)11(3,7)8/h4H2,1-3H3. The van der Waals surface area contributed by atoms with Gasteiger partial charge in [-0.25, -0.2) is 0 Å². The van der Waals surface area contributed by atoms with Crippen LogP contribution in [0, 0.1) is 0 Å². The molecule has 1 nitrogen and oxygen atoms in total. The van der Waals surface area contributed by atoms with Crippen LogP contribution in [0.4, 0.5) is 0 Å². The van der Waals surface area contributed by atoms with Gasteiger partial charge in [0.15, 0.2) is 0 Å². The zero-order valence-corrected chi connectivity index (χ0v) is 11.7. The number of nitrogens with zero attached hydrogens (tertiary/aromatic N) is 1. The molecule has 68 valence electrons. The predicted octanol–water partition coefficient (Wildman–Crippen LogP) is 3.40. The van der Waals surface area contributed by atoms with Gasteiger partial charge in [-0.3, -0.25) is 4.23 Å². The molecule has 0 aliphatic rings. The lowest BCUT2D eigenvalue weighted by Crippen LogP contribution is -2.53. The Morgan fingerprint density at radius 3 is 1.27 bits per heavy atom. The third-order valence-electron chi connectivity index (χ3n) is 1.26. The summed E-state index contributed by atoms with van der Waals surface area (Å²) in [4.78, 5) is 0. The van der Waals surface area contributed by atoms with Crippen LogP contribution >= 0.6 is 44.3 Å². The molecule has 0 bridgehead atoms. The summed E-state index contributed by atoms with van der Waals surface area (Å²) < 4.78 is 1.84. The van der Waals surface area contributed by atoms with Gasteiger partial charge >= 0.3 is 13.7 Å². The molecule has 0 saturated heterocycles. The average molecular weight is 271 g/mol. The maximum Gasteiger partial charge on any atom is 0.317 e. The van der Waals surface area contributed by atoms with Gasteiger partial charge in [0.1, 0.15) is 0 Å². The molecule has 0 unspecified atom stereocenters. The van der Waals surface area contributed by atoms with Crippen molar-refractivity contribution in [2.24, 2.45) is 0 Å². The Morgan fingerprint density at radius 1 is 1.00 bits per heavy atom. The molecule has 11 heavy (non-hydrogen) atoms. The van der Waals surface area contributed by atoms with Crippen LogP contribution in [0.15, 0.2) is 0 Å². The highest BCUT2D eigenvalue weighted by Crippen LogP contribution is 2.30. The van der Waals surface area contributed by atoms with E-state index >= 15 is 0 Å². The molecule has 0 aliphatic carbocycles. The van der Waals surface area contributed by atoms with E-state index in [-0.39, 0.29) is 0 Å². The van der Waals surface area contributed by atoms with Gasteiger partial charge < -0.3 is 0 Å². The lowest BCUT2D eigenvalue weighted by Gasteiger charge is -2.34. The van der Waals surface area contributed by atoms with Crippen LogP contribution in [-0.4, -0.2) is 24.5 Å². The van der Waals surface area contributed by atoms with Gasteiger partial charge in [-0.15, -0.1) is 44.3 Å². The van der Waals surface area contributed by atoms with Gasteiger partial charge in [-0.1, -0.05) is 6.92 Å². The molecule has 0 amide bonds. The van der Waals surface area contributed by atoms with E-state index in [9.17, 15) is 0 Å². The maximum absolute atomic E-state index is 5.98. The molecule has 0 N–H and O–H groups in total. The highest BCUT2D eigenvalue weighted by Gasteiger charge is 2.42. The van der Waals surface area contributed by atoms with Crippen LogP contribution in [0.25, 0.3) is 0 Å². The molecule has 7 heteroatoms. The molecule has 0 atom stereocenters.